The Hall–Kier alpha value is -2.92. The summed E-state index contributed by atoms with van der Waals surface area (Å²) in [6.07, 6.45) is 3.86. The van der Waals surface area contributed by atoms with E-state index >= 15 is 0 Å². The van der Waals surface area contributed by atoms with E-state index in [0.29, 0.717) is 50.9 Å². The number of aromatic nitrogens is 2. The predicted octanol–water partition coefficient (Wildman–Crippen LogP) is 2.40. The summed E-state index contributed by atoms with van der Waals surface area (Å²) in [6, 6.07) is 9.51. The van der Waals surface area contributed by atoms with Crippen LogP contribution in [0, 0.1) is 18.8 Å². The van der Waals surface area contributed by atoms with Gasteiger partial charge in [-0.25, -0.2) is 4.68 Å². The van der Waals surface area contributed by atoms with Crippen LogP contribution in [0.3, 0.4) is 0 Å². The molecule has 1 aromatic carbocycles. The largest absolute Gasteiger partial charge is 0.459 e. The van der Waals surface area contributed by atoms with Crippen LogP contribution in [0.15, 0.2) is 47.0 Å². The topological polar surface area (TPSA) is 113 Å². The molecular formula is C29H41N3O7. The fraction of sp³-hybridized carbons (Fsp3) is 0.586. The van der Waals surface area contributed by atoms with Gasteiger partial charge in [0, 0.05) is 49.9 Å². The summed E-state index contributed by atoms with van der Waals surface area (Å²) in [6.45, 7) is 6.21. The highest BCUT2D eigenvalue weighted by Gasteiger charge is 2.41. The molecule has 0 bridgehead atoms. The van der Waals surface area contributed by atoms with Crippen LogP contribution in [0.5, 0.6) is 0 Å². The molecule has 214 valence electrons. The van der Waals surface area contributed by atoms with Crippen molar-refractivity contribution >= 4 is 5.91 Å². The lowest BCUT2D eigenvalue weighted by Crippen LogP contribution is -2.41. The quantitative estimate of drug-likeness (QED) is 0.332. The Morgan fingerprint density at radius 3 is 2.51 bits per heavy atom. The molecular weight excluding hydrogens is 502 g/mol. The van der Waals surface area contributed by atoms with Crippen molar-refractivity contribution in [2.75, 3.05) is 46.2 Å². The zero-order valence-electron chi connectivity index (χ0n) is 23.1. The number of rotatable bonds is 15. The first-order valence-corrected chi connectivity index (χ1v) is 13.8. The number of carbonyl (C=O) groups is 1. The van der Waals surface area contributed by atoms with Gasteiger partial charge >= 0.3 is 0 Å². The van der Waals surface area contributed by atoms with Gasteiger partial charge in [-0.1, -0.05) is 18.2 Å². The van der Waals surface area contributed by atoms with Crippen molar-refractivity contribution in [1.29, 1.82) is 0 Å². The molecule has 1 aliphatic heterocycles. The van der Waals surface area contributed by atoms with E-state index in [1.165, 1.54) is 0 Å². The molecule has 10 heteroatoms. The van der Waals surface area contributed by atoms with Crippen LogP contribution in [0.25, 0.3) is 5.69 Å². The van der Waals surface area contributed by atoms with Crippen molar-refractivity contribution in [3.8, 4) is 5.69 Å². The van der Waals surface area contributed by atoms with Crippen LogP contribution in [0.2, 0.25) is 0 Å². The highest BCUT2D eigenvalue weighted by atomic mass is 16.7. The van der Waals surface area contributed by atoms with Gasteiger partial charge in [0.2, 0.25) is 6.29 Å². The fourth-order valence-corrected chi connectivity index (χ4v) is 5.00. The SMILES string of the molecule is CCO[C@H]1OC(C(=O)NCC2CC2)=C[C@@H](c2c(C)n(C)n(-c3ccccc3)c2=O)[C@@H]1CCOCCOCCO. The molecule has 0 saturated heterocycles. The normalized spacial score (nSPS) is 20.9. The van der Waals surface area contributed by atoms with E-state index in [9.17, 15) is 9.59 Å². The highest BCUT2D eigenvalue weighted by molar-refractivity contribution is 5.91. The minimum Gasteiger partial charge on any atom is -0.459 e. The van der Waals surface area contributed by atoms with Gasteiger partial charge < -0.3 is 29.4 Å². The van der Waals surface area contributed by atoms with Gasteiger partial charge in [-0.3, -0.25) is 14.3 Å². The van der Waals surface area contributed by atoms with E-state index in [1.807, 2.05) is 55.9 Å². The molecule has 1 fully saturated rings. The van der Waals surface area contributed by atoms with Gasteiger partial charge in [0.25, 0.3) is 11.5 Å². The summed E-state index contributed by atoms with van der Waals surface area (Å²) < 4.78 is 26.7. The lowest BCUT2D eigenvalue weighted by atomic mass is 9.81. The third kappa shape index (κ3) is 7.19. The molecule has 2 aliphatic rings. The van der Waals surface area contributed by atoms with Crippen LogP contribution in [-0.2, 0) is 30.8 Å². The van der Waals surface area contributed by atoms with Crippen molar-refractivity contribution in [3.63, 3.8) is 0 Å². The van der Waals surface area contributed by atoms with E-state index < -0.39 is 12.2 Å². The lowest BCUT2D eigenvalue weighted by molar-refractivity contribution is -0.168. The number of aliphatic hydroxyl groups excluding tert-OH is 1. The number of nitrogens with one attached hydrogen (secondary N) is 1. The molecule has 3 atom stereocenters. The number of para-hydroxylation sites is 1. The van der Waals surface area contributed by atoms with Crippen molar-refractivity contribution < 1.29 is 28.8 Å². The number of ether oxygens (including phenoxy) is 4. The predicted molar refractivity (Wildman–Crippen MR) is 146 cm³/mol. The van der Waals surface area contributed by atoms with E-state index in [4.69, 9.17) is 24.1 Å². The molecule has 1 aromatic heterocycles. The Kier molecular flexibility index (Phi) is 10.4. The van der Waals surface area contributed by atoms with Crippen molar-refractivity contribution in [3.05, 3.63) is 63.8 Å². The van der Waals surface area contributed by atoms with Crippen LogP contribution in [0.4, 0.5) is 0 Å². The minimum atomic E-state index is -0.718. The Labute approximate surface area is 229 Å². The zero-order chi connectivity index (χ0) is 27.8. The van der Waals surface area contributed by atoms with E-state index in [-0.39, 0.29) is 36.4 Å². The maximum atomic E-state index is 14.0. The van der Waals surface area contributed by atoms with E-state index in [0.717, 1.165) is 24.2 Å². The average Bonchev–Trinajstić information content (AvgIpc) is 3.74. The maximum absolute atomic E-state index is 14.0. The number of allylic oxidation sites excluding steroid dienone is 1. The summed E-state index contributed by atoms with van der Waals surface area (Å²) in [5.74, 6) is -0.264. The van der Waals surface area contributed by atoms with Crippen molar-refractivity contribution in [2.24, 2.45) is 18.9 Å². The molecule has 10 nitrogen and oxygen atoms in total. The molecule has 0 radical (unpaired) electrons. The van der Waals surface area contributed by atoms with Gasteiger partial charge in [-0.2, -0.15) is 0 Å². The number of amides is 1. The number of carbonyl (C=O) groups excluding carboxylic acids is 1. The summed E-state index contributed by atoms with van der Waals surface area (Å²) in [4.78, 5) is 27.1. The molecule has 1 saturated carbocycles. The third-order valence-corrected chi connectivity index (χ3v) is 7.32. The second kappa shape index (κ2) is 13.9. The number of benzene rings is 1. The molecule has 1 aliphatic carbocycles. The smallest absolute Gasteiger partial charge is 0.286 e. The summed E-state index contributed by atoms with van der Waals surface area (Å²) in [5, 5.41) is 11.8. The first-order chi connectivity index (χ1) is 19.0. The monoisotopic (exact) mass is 543 g/mol. The summed E-state index contributed by atoms with van der Waals surface area (Å²) in [7, 11) is 1.87. The molecule has 1 amide bonds. The molecule has 2 aromatic rings. The van der Waals surface area contributed by atoms with Crippen molar-refractivity contribution in [1.82, 2.24) is 14.7 Å². The van der Waals surface area contributed by atoms with E-state index in [1.54, 1.807) is 10.8 Å². The standard InChI is InChI=1S/C29H41N3O7/c1-4-38-29-23(12-14-36-16-17-37-15-13-33)24(18-25(39-29)27(34)30-19-21-10-11-21)26-20(2)31(3)32(28(26)35)22-8-6-5-7-9-22/h5-9,18,21,23-24,29,33H,4,10-17,19H2,1-3H3,(H,30,34)/t23-,24+,29-/m0/s1. The first-order valence-electron chi connectivity index (χ1n) is 13.8. The van der Waals surface area contributed by atoms with Crippen LogP contribution in [-0.4, -0.2) is 72.9 Å². The Morgan fingerprint density at radius 1 is 1.13 bits per heavy atom. The maximum Gasteiger partial charge on any atom is 0.286 e. The zero-order valence-corrected chi connectivity index (χ0v) is 23.1. The number of nitrogens with zero attached hydrogens (tertiary/aromatic N) is 2. The van der Waals surface area contributed by atoms with Crippen LogP contribution >= 0.6 is 0 Å². The summed E-state index contributed by atoms with van der Waals surface area (Å²) in [5.41, 5.74) is 2.05. The van der Waals surface area contributed by atoms with Crippen molar-refractivity contribution in [2.45, 2.75) is 45.3 Å². The third-order valence-electron chi connectivity index (χ3n) is 7.32. The second-order valence-electron chi connectivity index (χ2n) is 10.0. The summed E-state index contributed by atoms with van der Waals surface area (Å²) >= 11 is 0. The van der Waals surface area contributed by atoms with Gasteiger partial charge in [-0.05, 0) is 57.2 Å². The van der Waals surface area contributed by atoms with Crippen LogP contribution < -0.4 is 10.9 Å². The van der Waals surface area contributed by atoms with Gasteiger partial charge in [-0.15, -0.1) is 0 Å². The van der Waals surface area contributed by atoms with Crippen LogP contribution in [0.1, 0.15) is 43.4 Å². The molecule has 2 N–H and O–H groups in total. The number of aliphatic hydroxyl groups is 1. The Bertz CT molecular complexity index is 1170. The Balaban J connectivity index is 1.65. The highest BCUT2D eigenvalue weighted by Crippen LogP contribution is 2.39. The van der Waals surface area contributed by atoms with E-state index in [2.05, 4.69) is 5.32 Å². The average molecular weight is 544 g/mol. The molecule has 39 heavy (non-hydrogen) atoms. The fourth-order valence-electron chi connectivity index (χ4n) is 5.00. The van der Waals surface area contributed by atoms with Gasteiger partial charge in [0.05, 0.1) is 32.1 Å². The molecule has 2 heterocycles. The number of hydrogen-bond acceptors (Lipinski definition) is 7. The molecule has 0 spiro atoms. The lowest BCUT2D eigenvalue weighted by Gasteiger charge is -2.36. The van der Waals surface area contributed by atoms with Gasteiger partial charge in [0.1, 0.15) is 0 Å². The molecule has 4 rings (SSSR count). The minimum absolute atomic E-state index is 0.0308. The molecule has 0 unspecified atom stereocenters. The number of hydrogen-bond donors (Lipinski definition) is 2. The second-order valence-corrected chi connectivity index (χ2v) is 10.0. The van der Waals surface area contributed by atoms with Gasteiger partial charge in [0.15, 0.2) is 5.76 Å². The Morgan fingerprint density at radius 2 is 1.85 bits per heavy atom. The first kappa shape index (κ1) is 29.1.